The summed E-state index contributed by atoms with van der Waals surface area (Å²) in [6.45, 7) is 14.3. The van der Waals surface area contributed by atoms with Crippen molar-refractivity contribution in [1.82, 2.24) is 5.32 Å². The first-order valence-electron chi connectivity index (χ1n) is 14.5. The number of hydrogen-bond donors (Lipinski definition) is 3. The number of amides is 1. The average molecular weight is 501 g/mol. The molecule has 0 radical (unpaired) electrons. The van der Waals surface area contributed by atoms with E-state index >= 15 is 0 Å². The molecule has 0 aromatic rings. The summed E-state index contributed by atoms with van der Waals surface area (Å²) in [7, 11) is 0. The number of carbonyl (C=O) groups is 1. The second-order valence-electron chi connectivity index (χ2n) is 12.7. The van der Waals surface area contributed by atoms with Crippen LogP contribution in [0.4, 0.5) is 4.79 Å². The number of allylic oxidation sites excluding steroid dienone is 4. The fraction of sp³-hybridized carbons (Fsp3) is 0.774. The predicted molar refractivity (Wildman–Crippen MR) is 149 cm³/mol. The number of rotatable bonds is 10. The molecule has 0 bridgehead atoms. The van der Waals surface area contributed by atoms with Gasteiger partial charge in [-0.05, 0) is 107 Å². The summed E-state index contributed by atoms with van der Waals surface area (Å²) in [4.78, 5) is 12.1. The highest BCUT2D eigenvalue weighted by Crippen LogP contribution is 2.60. The first-order valence-corrected chi connectivity index (χ1v) is 14.5. The van der Waals surface area contributed by atoms with Crippen LogP contribution < -0.4 is 11.1 Å². The van der Waals surface area contributed by atoms with Crippen LogP contribution in [0.3, 0.4) is 0 Å². The molecule has 3 aliphatic carbocycles. The molecule has 204 valence electrons. The van der Waals surface area contributed by atoms with Crippen molar-refractivity contribution in [3.05, 3.63) is 35.5 Å². The summed E-state index contributed by atoms with van der Waals surface area (Å²) in [6.07, 6.45) is 17.1. The van der Waals surface area contributed by atoms with Gasteiger partial charge in [-0.1, -0.05) is 56.6 Å². The van der Waals surface area contributed by atoms with Gasteiger partial charge in [0.25, 0.3) is 0 Å². The van der Waals surface area contributed by atoms with Gasteiger partial charge in [-0.15, -0.1) is 0 Å². The Labute approximate surface area is 220 Å². The van der Waals surface area contributed by atoms with Crippen molar-refractivity contribution in [3.63, 3.8) is 0 Å². The maximum atomic E-state index is 12.1. The fourth-order valence-electron chi connectivity index (χ4n) is 7.24. The van der Waals surface area contributed by atoms with E-state index in [4.69, 9.17) is 10.5 Å². The Morgan fingerprint density at radius 3 is 2.78 bits per heavy atom. The molecule has 5 heteroatoms. The van der Waals surface area contributed by atoms with Crippen LogP contribution in [0.2, 0.25) is 0 Å². The van der Waals surface area contributed by atoms with Crippen molar-refractivity contribution >= 4 is 6.09 Å². The highest BCUT2D eigenvalue weighted by molar-refractivity contribution is 5.67. The molecular weight excluding hydrogens is 448 g/mol. The lowest BCUT2D eigenvalue weighted by Gasteiger charge is -2.44. The lowest BCUT2D eigenvalue weighted by molar-refractivity contribution is 0.0596. The summed E-state index contributed by atoms with van der Waals surface area (Å²) in [5.41, 5.74) is 9.34. The zero-order valence-electron chi connectivity index (χ0n) is 23.4. The molecule has 0 unspecified atom stereocenters. The molecule has 0 heterocycles. The minimum atomic E-state index is -0.558. The van der Waals surface area contributed by atoms with Gasteiger partial charge >= 0.3 is 6.09 Å². The quantitative estimate of drug-likeness (QED) is 0.287. The summed E-state index contributed by atoms with van der Waals surface area (Å²) in [6, 6.07) is 0. The molecule has 1 amide bonds. The maximum Gasteiger partial charge on any atom is 0.407 e. The van der Waals surface area contributed by atoms with E-state index in [9.17, 15) is 9.90 Å². The van der Waals surface area contributed by atoms with Crippen molar-refractivity contribution < 1.29 is 14.6 Å². The van der Waals surface area contributed by atoms with Crippen LogP contribution in [0.5, 0.6) is 0 Å². The first-order chi connectivity index (χ1) is 17.0. The summed E-state index contributed by atoms with van der Waals surface area (Å²) >= 11 is 0. The van der Waals surface area contributed by atoms with Gasteiger partial charge in [0.15, 0.2) is 0 Å². The van der Waals surface area contributed by atoms with Gasteiger partial charge in [0.2, 0.25) is 0 Å². The van der Waals surface area contributed by atoms with Crippen LogP contribution in [0.25, 0.3) is 0 Å². The van der Waals surface area contributed by atoms with E-state index in [0.717, 1.165) is 44.4 Å². The highest BCUT2D eigenvalue weighted by atomic mass is 16.6. The predicted octanol–water partition coefficient (Wildman–Crippen LogP) is 6.82. The fourth-order valence-corrected chi connectivity index (χ4v) is 7.24. The normalized spacial score (nSPS) is 31.9. The lowest BCUT2D eigenvalue weighted by Crippen LogP contribution is -2.36. The van der Waals surface area contributed by atoms with Gasteiger partial charge in [0.1, 0.15) is 6.10 Å². The molecule has 3 rings (SSSR count). The van der Waals surface area contributed by atoms with E-state index in [-0.39, 0.29) is 12.2 Å². The Morgan fingerprint density at radius 2 is 2.06 bits per heavy atom. The number of fused-ring (bicyclic) bond motifs is 1. The topological polar surface area (TPSA) is 84.6 Å². The minimum Gasteiger partial charge on any atom is -0.446 e. The lowest BCUT2D eigenvalue weighted by atomic mass is 9.60. The minimum absolute atomic E-state index is 0.0877. The second-order valence-corrected chi connectivity index (χ2v) is 12.7. The zero-order valence-corrected chi connectivity index (χ0v) is 23.4. The molecule has 3 fully saturated rings. The van der Waals surface area contributed by atoms with Crippen molar-refractivity contribution in [2.45, 2.75) is 116 Å². The molecule has 5 nitrogen and oxygen atoms in total. The summed E-state index contributed by atoms with van der Waals surface area (Å²) in [5.74, 6) is 2.13. The molecule has 0 aromatic heterocycles. The molecule has 4 N–H and O–H groups in total. The first kappa shape index (κ1) is 29.0. The van der Waals surface area contributed by atoms with Crippen LogP contribution >= 0.6 is 0 Å². The van der Waals surface area contributed by atoms with E-state index in [1.54, 1.807) is 5.57 Å². The van der Waals surface area contributed by atoms with Crippen molar-refractivity contribution in [2.24, 2.45) is 28.9 Å². The third kappa shape index (κ3) is 7.71. The number of aliphatic hydroxyl groups is 1. The van der Waals surface area contributed by atoms with Crippen LogP contribution in [0, 0.1) is 23.2 Å². The Hall–Kier alpha value is -1.59. The van der Waals surface area contributed by atoms with Crippen LogP contribution in [0.15, 0.2) is 35.5 Å². The van der Waals surface area contributed by atoms with Crippen molar-refractivity contribution in [2.75, 3.05) is 13.1 Å². The van der Waals surface area contributed by atoms with Gasteiger partial charge in [-0.25, -0.2) is 4.79 Å². The summed E-state index contributed by atoms with van der Waals surface area (Å²) in [5, 5.41) is 12.9. The standard InChI is InChI=1S/C31H52N2O3/c1-22-11-14-26(36-29(34)33-20-8-19-32)21-25(22)13-12-24-10-7-18-31(5)27(15-16-28(24)31)23(2)9-6-17-30(3,4)35/h12-13,23,26-28,35H,1,6-11,14-21,32H2,2-5H3,(H,33,34)/b24-12+,25-13-/t23-,26+,27-,28+,31-/m1/s1. The van der Waals surface area contributed by atoms with Crippen LogP contribution in [-0.2, 0) is 4.74 Å². The Balaban J connectivity index is 1.62. The third-order valence-corrected chi connectivity index (χ3v) is 9.27. The van der Waals surface area contributed by atoms with Gasteiger partial charge < -0.3 is 20.9 Å². The van der Waals surface area contributed by atoms with Gasteiger partial charge in [0, 0.05) is 13.0 Å². The zero-order chi connectivity index (χ0) is 26.3. The van der Waals surface area contributed by atoms with E-state index in [2.05, 4.69) is 37.9 Å². The van der Waals surface area contributed by atoms with Crippen molar-refractivity contribution in [1.29, 1.82) is 0 Å². The van der Waals surface area contributed by atoms with Gasteiger partial charge in [-0.2, -0.15) is 0 Å². The summed E-state index contributed by atoms with van der Waals surface area (Å²) < 4.78 is 5.68. The van der Waals surface area contributed by atoms with Gasteiger partial charge in [-0.3, -0.25) is 0 Å². The monoisotopic (exact) mass is 500 g/mol. The van der Waals surface area contributed by atoms with E-state index in [0.29, 0.717) is 30.3 Å². The molecule has 5 atom stereocenters. The molecular formula is C31H52N2O3. The Bertz CT molecular complexity index is 824. The average Bonchev–Trinajstić information content (AvgIpc) is 3.16. The van der Waals surface area contributed by atoms with Crippen LogP contribution in [0.1, 0.15) is 105 Å². The smallest absolute Gasteiger partial charge is 0.407 e. The number of nitrogens with two attached hydrogens (primary N) is 1. The SMILES string of the molecule is C=C1CC[C@H](OC(=O)NCCCN)C/C1=C/C=C1\CCC[C@]2(C)[C@@H]([C@H](C)CCCC(C)(C)O)CC[C@@H]12. The van der Waals surface area contributed by atoms with E-state index < -0.39 is 5.60 Å². The molecule has 0 saturated heterocycles. The molecule has 0 aliphatic heterocycles. The second kappa shape index (κ2) is 12.8. The van der Waals surface area contributed by atoms with Crippen LogP contribution in [-0.4, -0.2) is 36.0 Å². The Kier molecular flexibility index (Phi) is 10.3. The Morgan fingerprint density at radius 1 is 1.28 bits per heavy atom. The van der Waals surface area contributed by atoms with E-state index in [1.165, 1.54) is 49.7 Å². The number of ether oxygens (including phenoxy) is 1. The molecule has 36 heavy (non-hydrogen) atoms. The molecule has 0 spiro atoms. The number of alkyl carbamates (subject to hydrolysis) is 1. The van der Waals surface area contributed by atoms with Gasteiger partial charge in [0.05, 0.1) is 5.60 Å². The maximum absolute atomic E-state index is 12.1. The number of carbonyl (C=O) groups excluding carboxylic acids is 1. The van der Waals surface area contributed by atoms with E-state index in [1.807, 2.05) is 13.8 Å². The molecule has 0 aromatic carbocycles. The third-order valence-electron chi connectivity index (χ3n) is 9.27. The molecule has 3 aliphatic rings. The highest BCUT2D eigenvalue weighted by Gasteiger charge is 2.50. The molecule has 3 saturated carbocycles. The van der Waals surface area contributed by atoms with Crippen molar-refractivity contribution in [3.8, 4) is 0 Å². The number of hydrogen-bond acceptors (Lipinski definition) is 4. The number of nitrogens with one attached hydrogen (secondary N) is 1. The largest absolute Gasteiger partial charge is 0.446 e.